The average molecular weight is 378 g/mol. The van der Waals surface area contributed by atoms with Crippen molar-refractivity contribution in [2.45, 2.75) is 52.4 Å². The maximum absolute atomic E-state index is 12.3. The van der Waals surface area contributed by atoms with Crippen molar-refractivity contribution in [3.05, 3.63) is 64.7 Å². The van der Waals surface area contributed by atoms with Crippen LogP contribution in [-0.2, 0) is 24.0 Å². The molecule has 1 aliphatic carbocycles. The Bertz CT molecular complexity index is 855. The van der Waals surface area contributed by atoms with E-state index < -0.39 is 0 Å². The number of ether oxygens (including phenoxy) is 1. The van der Waals surface area contributed by atoms with Crippen LogP contribution in [0.15, 0.2) is 42.5 Å². The maximum Gasteiger partial charge on any atom is 0.414 e. The molecule has 0 N–H and O–H groups in total. The van der Waals surface area contributed by atoms with Crippen molar-refractivity contribution >= 4 is 11.8 Å². The first-order valence-electron chi connectivity index (χ1n) is 10.4. The first kappa shape index (κ1) is 19.0. The van der Waals surface area contributed by atoms with Gasteiger partial charge in [-0.2, -0.15) is 0 Å². The molecule has 0 saturated heterocycles. The SMILES string of the molecule is COC(=O)N1CCC(C(C)(C)C)c2cc(CC3Cc4ccccc4C3)ccc21. The van der Waals surface area contributed by atoms with Crippen molar-refractivity contribution in [2.24, 2.45) is 11.3 Å². The minimum absolute atomic E-state index is 0.166. The predicted molar refractivity (Wildman–Crippen MR) is 114 cm³/mol. The quantitative estimate of drug-likeness (QED) is 0.667. The lowest BCUT2D eigenvalue weighted by Crippen LogP contribution is -2.39. The molecule has 148 valence electrons. The van der Waals surface area contributed by atoms with Gasteiger partial charge in [0.2, 0.25) is 0 Å². The molecular weight excluding hydrogens is 346 g/mol. The van der Waals surface area contributed by atoms with Crippen LogP contribution < -0.4 is 4.90 Å². The van der Waals surface area contributed by atoms with Crippen LogP contribution in [0.3, 0.4) is 0 Å². The Kier molecular flexibility index (Phi) is 4.95. The van der Waals surface area contributed by atoms with Crippen LogP contribution in [0.25, 0.3) is 0 Å². The molecule has 0 radical (unpaired) electrons. The standard InChI is InChI=1S/C25H31NO2/c1-25(2,3)22-11-12-26(24(27)28-4)23-10-9-17(16-21(22)23)13-18-14-19-7-5-6-8-20(19)15-18/h5-10,16,18,22H,11-15H2,1-4H3. The highest BCUT2D eigenvalue weighted by molar-refractivity contribution is 5.89. The fourth-order valence-electron chi connectivity index (χ4n) is 5.12. The molecule has 0 aromatic heterocycles. The van der Waals surface area contributed by atoms with Gasteiger partial charge in [0, 0.05) is 6.54 Å². The number of benzene rings is 2. The maximum atomic E-state index is 12.3. The summed E-state index contributed by atoms with van der Waals surface area (Å²) in [6, 6.07) is 15.6. The van der Waals surface area contributed by atoms with Crippen molar-refractivity contribution in [1.29, 1.82) is 0 Å². The molecule has 0 saturated carbocycles. The molecule has 28 heavy (non-hydrogen) atoms. The van der Waals surface area contributed by atoms with E-state index in [0.717, 1.165) is 25.1 Å². The Morgan fingerprint density at radius 1 is 1.11 bits per heavy atom. The number of amides is 1. The summed E-state index contributed by atoms with van der Waals surface area (Å²) in [4.78, 5) is 14.1. The Balaban J connectivity index is 1.62. The van der Waals surface area contributed by atoms with Gasteiger partial charge in [0.15, 0.2) is 0 Å². The van der Waals surface area contributed by atoms with E-state index in [4.69, 9.17) is 4.74 Å². The van der Waals surface area contributed by atoms with Crippen LogP contribution >= 0.6 is 0 Å². The summed E-state index contributed by atoms with van der Waals surface area (Å²) < 4.78 is 5.03. The number of nitrogens with zero attached hydrogens (tertiary/aromatic N) is 1. The zero-order valence-electron chi connectivity index (χ0n) is 17.5. The van der Waals surface area contributed by atoms with Crippen LogP contribution in [-0.4, -0.2) is 19.7 Å². The van der Waals surface area contributed by atoms with E-state index in [2.05, 4.69) is 63.2 Å². The highest BCUT2D eigenvalue weighted by Gasteiger charge is 2.35. The third kappa shape index (κ3) is 3.55. The van der Waals surface area contributed by atoms with Gasteiger partial charge in [-0.1, -0.05) is 57.2 Å². The van der Waals surface area contributed by atoms with E-state index in [1.165, 1.54) is 42.2 Å². The van der Waals surface area contributed by atoms with Gasteiger partial charge in [-0.05, 0) is 71.3 Å². The number of anilines is 1. The number of methoxy groups -OCH3 is 1. The van der Waals surface area contributed by atoms with Crippen molar-refractivity contribution in [1.82, 2.24) is 0 Å². The molecule has 1 amide bonds. The summed E-state index contributed by atoms with van der Waals surface area (Å²) in [7, 11) is 1.46. The molecule has 1 unspecified atom stereocenters. The Morgan fingerprint density at radius 3 is 2.39 bits per heavy atom. The fourth-order valence-corrected chi connectivity index (χ4v) is 5.12. The fraction of sp³-hybridized carbons (Fsp3) is 0.480. The third-order valence-electron chi connectivity index (χ3n) is 6.50. The summed E-state index contributed by atoms with van der Waals surface area (Å²) in [5.74, 6) is 1.12. The molecule has 1 heterocycles. The smallest absolute Gasteiger partial charge is 0.414 e. The molecule has 2 aromatic carbocycles. The number of hydrogen-bond donors (Lipinski definition) is 0. The molecule has 2 aliphatic rings. The van der Waals surface area contributed by atoms with Gasteiger partial charge in [-0.3, -0.25) is 4.90 Å². The molecule has 4 rings (SSSR count). The number of rotatable bonds is 2. The molecular formula is C25H31NO2. The van der Waals surface area contributed by atoms with Crippen molar-refractivity contribution in [2.75, 3.05) is 18.6 Å². The van der Waals surface area contributed by atoms with E-state index in [1.54, 1.807) is 4.90 Å². The van der Waals surface area contributed by atoms with E-state index >= 15 is 0 Å². The lowest BCUT2D eigenvalue weighted by molar-refractivity contribution is 0.176. The van der Waals surface area contributed by atoms with Gasteiger partial charge in [0.05, 0.1) is 12.8 Å². The summed E-state index contributed by atoms with van der Waals surface area (Å²) >= 11 is 0. The van der Waals surface area contributed by atoms with E-state index in [-0.39, 0.29) is 11.5 Å². The number of fused-ring (bicyclic) bond motifs is 2. The molecule has 1 aliphatic heterocycles. The summed E-state index contributed by atoms with van der Waals surface area (Å²) in [5, 5.41) is 0. The lowest BCUT2D eigenvalue weighted by Gasteiger charge is -2.40. The van der Waals surface area contributed by atoms with Gasteiger partial charge in [-0.15, -0.1) is 0 Å². The van der Waals surface area contributed by atoms with E-state index in [1.807, 2.05) is 0 Å². The van der Waals surface area contributed by atoms with Crippen molar-refractivity contribution in [3.8, 4) is 0 Å². The molecule has 0 spiro atoms. The number of carbonyl (C=O) groups is 1. The minimum atomic E-state index is -0.257. The molecule has 1 atom stereocenters. The van der Waals surface area contributed by atoms with Crippen LogP contribution in [0, 0.1) is 11.3 Å². The van der Waals surface area contributed by atoms with Crippen LogP contribution in [0.1, 0.15) is 55.4 Å². The van der Waals surface area contributed by atoms with Gasteiger partial charge < -0.3 is 4.74 Å². The molecule has 0 bridgehead atoms. The molecule has 3 nitrogen and oxygen atoms in total. The largest absolute Gasteiger partial charge is 0.452 e. The highest BCUT2D eigenvalue weighted by atomic mass is 16.5. The van der Waals surface area contributed by atoms with Gasteiger partial charge in [0.1, 0.15) is 0 Å². The van der Waals surface area contributed by atoms with Gasteiger partial charge in [-0.25, -0.2) is 4.79 Å². The zero-order valence-corrected chi connectivity index (χ0v) is 17.5. The second-order valence-electron chi connectivity index (χ2n) is 9.47. The lowest BCUT2D eigenvalue weighted by atomic mass is 9.72. The first-order chi connectivity index (χ1) is 13.4. The monoisotopic (exact) mass is 377 g/mol. The number of carbonyl (C=O) groups excluding carboxylic acids is 1. The normalized spacial score (nSPS) is 19.3. The Labute approximate surface area is 168 Å². The van der Waals surface area contributed by atoms with Crippen LogP contribution in [0.5, 0.6) is 0 Å². The summed E-state index contributed by atoms with van der Waals surface area (Å²) in [6.45, 7) is 7.62. The predicted octanol–water partition coefficient (Wildman–Crippen LogP) is 5.75. The van der Waals surface area contributed by atoms with Crippen LogP contribution in [0.2, 0.25) is 0 Å². The van der Waals surface area contributed by atoms with E-state index in [9.17, 15) is 4.79 Å². The van der Waals surface area contributed by atoms with Crippen molar-refractivity contribution in [3.63, 3.8) is 0 Å². The Morgan fingerprint density at radius 2 is 1.79 bits per heavy atom. The molecule has 3 heteroatoms. The van der Waals surface area contributed by atoms with Gasteiger partial charge in [0.25, 0.3) is 0 Å². The highest BCUT2D eigenvalue weighted by Crippen LogP contribution is 2.46. The van der Waals surface area contributed by atoms with Gasteiger partial charge >= 0.3 is 6.09 Å². The first-order valence-corrected chi connectivity index (χ1v) is 10.4. The second-order valence-corrected chi connectivity index (χ2v) is 9.47. The number of hydrogen-bond acceptors (Lipinski definition) is 2. The molecule has 2 aromatic rings. The third-order valence-corrected chi connectivity index (χ3v) is 6.50. The zero-order chi connectivity index (χ0) is 19.9. The summed E-state index contributed by atoms with van der Waals surface area (Å²) in [5.41, 5.74) is 6.90. The second kappa shape index (κ2) is 7.27. The average Bonchev–Trinajstić information content (AvgIpc) is 3.07. The minimum Gasteiger partial charge on any atom is -0.452 e. The van der Waals surface area contributed by atoms with Crippen molar-refractivity contribution < 1.29 is 9.53 Å². The van der Waals surface area contributed by atoms with E-state index in [0.29, 0.717) is 11.8 Å². The summed E-state index contributed by atoms with van der Waals surface area (Å²) in [6.07, 6.45) is 4.16. The molecule has 0 fully saturated rings. The topological polar surface area (TPSA) is 29.5 Å². The van der Waals surface area contributed by atoms with Crippen LogP contribution in [0.4, 0.5) is 10.5 Å². The Hall–Kier alpha value is -2.29.